The van der Waals surface area contributed by atoms with Gasteiger partial charge in [-0.1, -0.05) is 38.1 Å². The highest BCUT2D eigenvalue weighted by atomic mass is 19.1. The maximum Gasteiger partial charge on any atom is 0.272 e. The van der Waals surface area contributed by atoms with Gasteiger partial charge in [0.15, 0.2) is 0 Å². The number of H-pyrrole nitrogens is 1. The van der Waals surface area contributed by atoms with Crippen LogP contribution in [-0.4, -0.2) is 58.6 Å². The summed E-state index contributed by atoms with van der Waals surface area (Å²) in [6.45, 7) is 8.28. The van der Waals surface area contributed by atoms with Gasteiger partial charge in [-0.2, -0.15) is 5.10 Å². The molecular formula is C26H31FN4O2. The average molecular weight is 451 g/mol. The van der Waals surface area contributed by atoms with Gasteiger partial charge in [-0.3, -0.25) is 9.59 Å². The molecule has 0 aliphatic carbocycles. The van der Waals surface area contributed by atoms with Crippen LogP contribution >= 0.6 is 0 Å². The number of nitrogens with zero attached hydrogens (tertiary/aromatic N) is 3. The van der Waals surface area contributed by atoms with E-state index in [4.69, 9.17) is 0 Å². The predicted octanol–water partition coefficient (Wildman–Crippen LogP) is 3.85. The van der Waals surface area contributed by atoms with Gasteiger partial charge in [0.2, 0.25) is 0 Å². The van der Waals surface area contributed by atoms with Crippen molar-refractivity contribution < 1.29 is 9.18 Å². The maximum atomic E-state index is 14.8. The minimum atomic E-state index is -0.511. The smallest absolute Gasteiger partial charge is 0.272 e. The lowest BCUT2D eigenvalue weighted by Gasteiger charge is -2.27. The number of hydrogen-bond donors (Lipinski definition) is 1. The van der Waals surface area contributed by atoms with E-state index in [1.54, 1.807) is 23.1 Å². The summed E-state index contributed by atoms with van der Waals surface area (Å²) < 4.78 is 14.8. The zero-order valence-electron chi connectivity index (χ0n) is 19.3. The number of nitrogens with one attached hydrogen (secondary N) is 1. The van der Waals surface area contributed by atoms with Crippen LogP contribution in [0.4, 0.5) is 4.39 Å². The van der Waals surface area contributed by atoms with E-state index in [2.05, 4.69) is 28.9 Å². The van der Waals surface area contributed by atoms with E-state index in [0.29, 0.717) is 36.5 Å². The molecule has 2 heterocycles. The molecule has 1 unspecified atom stereocenters. The van der Waals surface area contributed by atoms with Gasteiger partial charge in [-0.15, -0.1) is 0 Å². The summed E-state index contributed by atoms with van der Waals surface area (Å²) in [7, 11) is 0. The number of aromatic amines is 1. The second kappa shape index (κ2) is 10.3. The highest BCUT2D eigenvalue weighted by molar-refractivity contribution is 5.94. The SMILES string of the molecule is CCN1CCCC(C)CN(C(=O)c2cc(Cc3n[nH]c(=O)c4ccccc34)ccc2F)CC1. The zero-order chi connectivity index (χ0) is 23.4. The third-order valence-corrected chi connectivity index (χ3v) is 6.53. The molecular weight excluding hydrogens is 419 g/mol. The number of likely N-dealkylation sites (N-methyl/N-ethyl adjacent to an activating group) is 1. The first kappa shape index (κ1) is 23.1. The van der Waals surface area contributed by atoms with Gasteiger partial charge in [0, 0.05) is 31.4 Å². The third-order valence-electron chi connectivity index (χ3n) is 6.53. The molecule has 3 aromatic rings. The minimum absolute atomic E-state index is 0.0933. The summed E-state index contributed by atoms with van der Waals surface area (Å²) >= 11 is 0. The first-order chi connectivity index (χ1) is 16.0. The Balaban J connectivity index is 1.61. The number of aromatic nitrogens is 2. The standard InChI is InChI=1S/C26H31FN4O2/c1-3-30-12-6-7-18(2)17-31(14-13-30)26(33)22-15-19(10-11-23(22)27)16-24-20-8-4-5-9-21(20)25(32)29-28-24/h4-5,8-11,15,18H,3,6-7,12-14,16-17H2,1-2H3,(H,29,32). The minimum Gasteiger partial charge on any atom is -0.337 e. The van der Waals surface area contributed by atoms with Gasteiger partial charge >= 0.3 is 0 Å². The van der Waals surface area contributed by atoms with Crippen molar-refractivity contribution in [1.82, 2.24) is 20.0 Å². The summed E-state index contributed by atoms with van der Waals surface area (Å²) in [6, 6.07) is 11.9. The number of rotatable bonds is 4. The summed E-state index contributed by atoms with van der Waals surface area (Å²) in [4.78, 5) is 29.6. The van der Waals surface area contributed by atoms with E-state index in [-0.39, 0.29) is 17.0 Å². The first-order valence-electron chi connectivity index (χ1n) is 11.7. The van der Waals surface area contributed by atoms with Crippen molar-refractivity contribution in [3.63, 3.8) is 0 Å². The molecule has 1 aliphatic rings. The first-order valence-corrected chi connectivity index (χ1v) is 11.7. The Bertz CT molecular complexity index is 1190. The molecule has 1 amide bonds. The van der Waals surface area contributed by atoms with Crippen molar-refractivity contribution >= 4 is 16.7 Å². The van der Waals surface area contributed by atoms with Crippen LogP contribution in [0, 0.1) is 11.7 Å². The Kier molecular flexibility index (Phi) is 7.18. The fourth-order valence-corrected chi connectivity index (χ4v) is 4.61. The van der Waals surface area contributed by atoms with E-state index < -0.39 is 5.82 Å². The molecule has 1 saturated heterocycles. The number of halogens is 1. The average Bonchev–Trinajstić information content (AvgIpc) is 2.92. The van der Waals surface area contributed by atoms with Gasteiger partial charge in [0.25, 0.3) is 11.5 Å². The van der Waals surface area contributed by atoms with Crippen LogP contribution in [0.1, 0.15) is 48.3 Å². The Morgan fingerprint density at radius 2 is 1.94 bits per heavy atom. The number of hydrogen-bond acceptors (Lipinski definition) is 4. The van der Waals surface area contributed by atoms with E-state index in [9.17, 15) is 14.0 Å². The van der Waals surface area contributed by atoms with E-state index in [1.165, 1.54) is 6.07 Å². The summed E-state index contributed by atoms with van der Waals surface area (Å²) in [6.07, 6.45) is 2.55. The topological polar surface area (TPSA) is 69.3 Å². The van der Waals surface area contributed by atoms with Crippen LogP contribution in [0.15, 0.2) is 47.3 Å². The van der Waals surface area contributed by atoms with E-state index >= 15 is 0 Å². The largest absolute Gasteiger partial charge is 0.337 e. The second-order valence-electron chi connectivity index (χ2n) is 8.97. The molecule has 1 aromatic heterocycles. The van der Waals surface area contributed by atoms with Crippen molar-refractivity contribution in [1.29, 1.82) is 0 Å². The molecule has 7 heteroatoms. The fraction of sp³-hybridized carbons (Fsp3) is 0.423. The Morgan fingerprint density at radius 3 is 2.73 bits per heavy atom. The molecule has 0 bridgehead atoms. The monoisotopic (exact) mass is 450 g/mol. The predicted molar refractivity (Wildman–Crippen MR) is 128 cm³/mol. The quantitative estimate of drug-likeness (QED) is 0.656. The van der Waals surface area contributed by atoms with Crippen LogP contribution in [0.5, 0.6) is 0 Å². The number of benzene rings is 2. The molecule has 1 aliphatic heterocycles. The van der Waals surface area contributed by atoms with Crippen molar-refractivity contribution in [2.45, 2.75) is 33.1 Å². The normalized spacial score (nSPS) is 18.0. The molecule has 0 radical (unpaired) electrons. The highest BCUT2D eigenvalue weighted by Crippen LogP contribution is 2.21. The molecule has 1 N–H and O–H groups in total. The van der Waals surface area contributed by atoms with E-state index in [0.717, 1.165) is 43.4 Å². The van der Waals surface area contributed by atoms with Crippen molar-refractivity contribution in [2.75, 3.05) is 32.7 Å². The molecule has 1 atom stereocenters. The lowest BCUT2D eigenvalue weighted by atomic mass is 10.0. The van der Waals surface area contributed by atoms with Crippen LogP contribution in [0.2, 0.25) is 0 Å². The van der Waals surface area contributed by atoms with Crippen LogP contribution < -0.4 is 5.56 Å². The second-order valence-corrected chi connectivity index (χ2v) is 8.97. The van der Waals surface area contributed by atoms with Gasteiger partial charge in [-0.05, 0) is 55.6 Å². The van der Waals surface area contributed by atoms with Gasteiger partial charge in [0.05, 0.1) is 16.6 Å². The molecule has 4 rings (SSSR count). The van der Waals surface area contributed by atoms with Crippen LogP contribution in [0.3, 0.4) is 0 Å². The number of amides is 1. The zero-order valence-corrected chi connectivity index (χ0v) is 19.3. The summed E-state index contributed by atoms with van der Waals surface area (Å²) in [5, 5.41) is 8.07. The van der Waals surface area contributed by atoms with Crippen molar-refractivity contribution in [2.24, 2.45) is 5.92 Å². The van der Waals surface area contributed by atoms with Crippen molar-refractivity contribution in [3.8, 4) is 0 Å². The number of fused-ring (bicyclic) bond motifs is 1. The Hall–Kier alpha value is -3.06. The number of carbonyl (C=O) groups is 1. The van der Waals surface area contributed by atoms with Gasteiger partial charge < -0.3 is 9.80 Å². The lowest BCUT2D eigenvalue weighted by Crippen LogP contribution is -2.40. The van der Waals surface area contributed by atoms with Gasteiger partial charge in [-0.25, -0.2) is 9.49 Å². The van der Waals surface area contributed by atoms with Gasteiger partial charge in [0.1, 0.15) is 5.82 Å². The number of carbonyl (C=O) groups excluding carboxylic acids is 1. The molecule has 0 spiro atoms. The molecule has 6 nitrogen and oxygen atoms in total. The molecule has 1 fully saturated rings. The summed E-state index contributed by atoms with van der Waals surface area (Å²) in [5.41, 5.74) is 1.31. The Labute approximate surface area is 193 Å². The van der Waals surface area contributed by atoms with E-state index in [1.807, 2.05) is 18.2 Å². The lowest BCUT2D eigenvalue weighted by molar-refractivity contribution is 0.0716. The van der Waals surface area contributed by atoms with Crippen molar-refractivity contribution in [3.05, 3.63) is 75.5 Å². The molecule has 33 heavy (non-hydrogen) atoms. The fourth-order valence-electron chi connectivity index (χ4n) is 4.61. The third kappa shape index (κ3) is 5.30. The highest BCUT2D eigenvalue weighted by Gasteiger charge is 2.23. The molecule has 0 saturated carbocycles. The molecule has 2 aromatic carbocycles. The van der Waals surface area contributed by atoms with Crippen LogP contribution in [-0.2, 0) is 6.42 Å². The molecule has 174 valence electrons. The maximum absolute atomic E-state index is 14.8. The Morgan fingerprint density at radius 1 is 1.15 bits per heavy atom. The van der Waals surface area contributed by atoms with Crippen LogP contribution in [0.25, 0.3) is 10.8 Å². The summed E-state index contributed by atoms with van der Waals surface area (Å²) in [5.74, 6) is -0.407.